The van der Waals surface area contributed by atoms with Crippen molar-refractivity contribution in [3.63, 3.8) is 0 Å². The van der Waals surface area contributed by atoms with Gasteiger partial charge in [0.05, 0.1) is 0 Å². The highest BCUT2D eigenvalue weighted by Gasteiger charge is 2.35. The Hall–Kier alpha value is 0.724. The lowest BCUT2D eigenvalue weighted by molar-refractivity contribution is 0.984. The molecule has 0 aromatic rings. The van der Waals surface area contributed by atoms with E-state index in [-0.39, 0.29) is 8.80 Å². The number of hydrogen-bond acceptors (Lipinski definition) is 0. The summed E-state index contributed by atoms with van der Waals surface area (Å²) in [5, 5.41) is 0. The van der Waals surface area contributed by atoms with Gasteiger partial charge in [-0.2, -0.15) is 11.1 Å². The maximum atomic E-state index is 6.61. The van der Waals surface area contributed by atoms with Crippen molar-refractivity contribution in [2.75, 3.05) is 0 Å². The predicted octanol–water partition coefficient (Wildman–Crippen LogP) is 3.38. The van der Waals surface area contributed by atoms with Gasteiger partial charge in [0.1, 0.15) is 0 Å². The largest absolute Gasteiger partial charge is 0.167 e. The smallest absolute Gasteiger partial charge is 0.153 e. The van der Waals surface area contributed by atoms with E-state index in [0.717, 1.165) is 0 Å². The molecule has 1 aliphatic heterocycles. The van der Waals surface area contributed by atoms with Crippen LogP contribution in [0.25, 0.3) is 0 Å². The molecule has 2 atom stereocenters. The summed E-state index contributed by atoms with van der Waals surface area (Å²) in [6.45, 7) is 4.66. The van der Waals surface area contributed by atoms with Gasteiger partial charge in [0, 0.05) is 8.80 Å². The normalized spacial score (nSPS) is 39.0. The number of rotatable bonds is 2. The zero-order chi connectivity index (χ0) is 8.32. The topological polar surface area (TPSA) is 0 Å². The van der Waals surface area contributed by atoms with E-state index in [1.165, 1.54) is 30.2 Å². The van der Waals surface area contributed by atoms with Crippen LogP contribution in [-0.2, 0) is 0 Å². The van der Waals surface area contributed by atoms with Crippen molar-refractivity contribution in [3.8, 4) is 0 Å². The second-order valence-electron chi connectivity index (χ2n) is 3.88. The monoisotopic (exact) mass is 206 g/mol. The van der Waals surface area contributed by atoms with Crippen molar-refractivity contribution in [1.82, 2.24) is 0 Å². The predicted molar refractivity (Wildman–Crippen MR) is 58.8 cm³/mol. The molecule has 1 saturated heterocycles. The van der Waals surface area contributed by atoms with Gasteiger partial charge in [0.15, 0.2) is 7.38 Å². The van der Waals surface area contributed by atoms with Crippen molar-refractivity contribution in [3.05, 3.63) is 0 Å². The standard InChI is InChI=1S/C8H19ClSi2/c1-3-10-6-5-7-11(9,4-2)8-10/h10H,3-8H2,1-2H3. The Bertz CT molecular complexity index is 129. The third-order valence-electron chi connectivity index (χ3n) is 3.10. The maximum absolute atomic E-state index is 6.61. The minimum Gasteiger partial charge on any atom is -0.167 e. The molecular weight excluding hydrogens is 188 g/mol. The SMILES string of the molecule is CC[SiH]1CCC[Si](Cl)(CC)C1. The van der Waals surface area contributed by atoms with E-state index in [4.69, 9.17) is 11.1 Å². The Morgan fingerprint density at radius 1 is 1.45 bits per heavy atom. The molecule has 3 heteroatoms. The van der Waals surface area contributed by atoms with Gasteiger partial charge in [-0.1, -0.05) is 38.0 Å². The van der Waals surface area contributed by atoms with Crippen molar-refractivity contribution in [2.45, 2.75) is 50.1 Å². The van der Waals surface area contributed by atoms with E-state index in [1.807, 2.05) is 0 Å². The Morgan fingerprint density at radius 2 is 2.18 bits per heavy atom. The van der Waals surface area contributed by atoms with Crippen molar-refractivity contribution in [1.29, 1.82) is 0 Å². The molecule has 1 fully saturated rings. The van der Waals surface area contributed by atoms with Crippen molar-refractivity contribution < 1.29 is 0 Å². The van der Waals surface area contributed by atoms with Gasteiger partial charge in [0.25, 0.3) is 0 Å². The fourth-order valence-corrected chi connectivity index (χ4v) is 15.3. The molecule has 0 aliphatic carbocycles. The van der Waals surface area contributed by atoms with Gasteiger partial charge in [-0.15, -0.1) is 0 Å². The minimum atomic E-state index is -1.16. The average Bonchev–Trinajstić information content (AvgIpc) is 2.05. The van der Waals surface area contributed by atoms with Crippen LogP contribution < -0.4 is 0 Å². The third-order valence-corrected chi connectivity index (χ3v) is 16.0. The first-order valence-electron chi connectivity index (χ1n) is 4.89. The van der Waals surface area contributed by atoms with Crippen LogP contribution in [0.2, 0.25) is 29.8 Å². The lowest BCUT2D eigenvalue weighted by atomic mass is 10.6. The zero-order valence-corrected chi connectivity index (χ0v) is 10.6. The summed E-state index contributed by atoms with van der Waals surface area (Å²) in [7, 11) is -1.48. The molecule has 0 amide bonds. The molecule has 0 saturated carbocycles. The highest BCUT2D eigenvalue weighted by molar-refractivity contribution is 7.23. The maximum Gasteiger partial charge on any atom is 0.153 e. The lowest BCUT2D eigenvalue weighted by Crippen LogP contribution is -2.36. The van der Waals surface area contributed by atoms with E-state index in [2.05, 4.69) is 13.8 Å². The lowest BCUT2D eigenvalue weighted by Gasteiger charge is -2.32. The van der Waals surface area contributed by atoms with E-state index in [9.17, 15) is 0 Å². The Kier molecular flexibility index (Phi) is 3.66. The van der Waals surface area contributed by atoms with Gasteiger partial charge in [-0.3, -0.25) is 0 Å². The first-order valence-corrected chi connectivity index (χ1v) is 11.0. The summed E-state index contributed by atoms with van der Waals surface area (Å²) in [4.78, 5) is 0. The van der Waals surface area contributed by atoms with Gasteiger partial charge >= 0.3 is 0 Å². The molecule has 2 unspecified atom stereocenters. The second-order valence-corrected chi connectivity index (χ2v) is 14.5. The Balaban J connectivity index is 2.44. The summed E-state index contributed by atoms with van der Waals surface area (Å²) in [6, 6.07) is 5.80. The van der Waals surface area contributed by atoms with Crippen LogP contribution >= 0.6 is 11.1 Å². The summed E-state index contributed by atoms with van der Waals surface area (Å²) >= 11 is 6.61. The van der Waals surface area contributed by atoms with Crippen LogP contribution in [0.3, 0.4) is 0 Å². The summed E-state index contributed by atoms with van der Waals surface area (Å²) in [5.41, 5.74) is 1.53. The van der Waals surface area contributed by atoms with Crippen LogP contribution in [0.1, 0.15) is 20.3 Å². The minimum absolute atomic E-state index is 0.318. The van der Waals surface area contributed by atoms with Crippen LogP contribution in [0.5, 0.6) is 0 Å². The van der Waals surface area contributed by atoms with Gasteiger partial charge < -0.3 is 0 Å². The van der Waals surface area contributed by atoms with E-state index < -0.39 is 7.38 Å². The van der Waals surface area contributed by atoms with Crippen LogP contribution in [0.15, 0.2) is 0 Å². The highest BCUT2D eigenvalue weighted by atomic mass is 35.6. The van der Waals surface area contributed by atoms with Gasteiger partial charge in [-0.05, 0) is 12.1 Å². The quantitative estimate of drug-likeness (QED) is 0.480. The molecule has 66 valence electrons. The molecule has 0 nitrogen and oxygen atoms in total. The van der Waals surface area contributed by atoms with Crippen LogP contribution in [-0.4, -0.2) is 16.2 Å². The fourth-order valence-electron chi connectivity index (χ4n) is 2.10. The molecule has 11 heavy (non-hydrogen) atoms. The molecule has 1 rings (SSSR count). The molecule has 1 heterocycles. The van der Waals surface area contributed by atoms with E-state index in [1.54, 1.807) is 6.04 Å². The van der Waals surface area contributed by atoms with Gasteiger partial charge in [-0.25, -0.2) is 0 Å². The molecule has 0 bridgehead atoms. The van der Waals surface area contributed by atoms with E-state index >= 15 is 0 Å². The number of hydrogen-bond donors (Lipinski definition) is 0. The molecule has 0 aromatic carbocycles. The summed E-state index contributed by atoms with van der Waals surface area (Å²) < 4.78 is 0. The van der Waals surface area contributed by atoms with Crippen molar-refractivity contribution >= 4 is 27.3 Å². The zero-order valence-electron chi connectivity index (χ0n) is 7.70. The summed E-state index contributed by atoms with van der Waals surface area (Å²) in [5.74, 6) is 0. The molecule has 0 aromatic heterocycles. The molecule has 0 radical (unpaired) electrons. The average molecular weight is 207 g/mol. The first kappa shape index (κ1) is 9.81. The van der Waals surface area contributed by atoms with E-state index in [0.29, 0.717) is 0 Å². The number of halogens is 1. The third kappa shape index (κ3) is 2.60. The summed E-state index contributed by atoms with van der Waals surface area (Å²) in [6.07, 6.45) is 1.47. The molecule has 1 aliphatic rings. The molecule has 0 spiro atoms. The second kappa shape index (κ2) is 4.10. The fraction of sp³-hybridized carbons (Fsp3) is 1.00. The first-order chi connectivity index (χ1) is 5.20. The molecular formula is C8H19ClSi2. The van der Waals surface area contributed by atoms with Crippen molar-refractivity contribution in [2.24, 2.45) is 0 Å². The van der Waals surface area contributed by atoms with Crippen LogP contribution in [0, 0.1) is 0 Å². The highest BCUT2D eigenvalue weighted by Crippen LogP contribution is 2.35. The van der Waals surface area contributed by atoms with Crippen LogP contribution in [0.4, 0.5) is 0 Å². The Labute approximate surface area is 77.7 Å². The molecule has 0 N–H and O–H groups in total. The Morgan fingerprint density at radius 3 is 2.73 bits per heavy atom. The van der Waals surface area contributed by atoms with Gasteiger partial charge in [0.2, 0.25) is 0 Å².